The molecule has 1 atom stereocenters. The van der Waals surface area contributed by atoms with Crippen LogP contribution in [-0.2, 0) is 9.59 Å². The largest absolute Gasteiger partial charge is 0.459 e. The molecule has 3 rings (SSSR count). The van der Waals surface area contributed by atoms with Crippen LogP contribution in [-0.4, -0.2) is 59.7 Å². The van der Waals surface area contributed by atoms with E-state index in [1.165, 1.54) is 6.26 Å². The number of nitrogens with one attached hydrogen (secondary N) is 1. The Kier molecular flexibility index (Phi) is 3.64. The van der Waals surface area contributed by atoms with E-state index in [-0.39, 0.29) is 17.7 Å². The maximum atomic E-state index is 12.2. The fourth-order valence-corrected chi connectivity index (χ4v) is 2.71. The first-order chi connectivity index (χ1) is 10.1. The summed E-state index contributed by atoms with van der Waals surface area (Å²) >= 11 is 0. The van der Waals surface area contributed by atoms with Gasteiger partial charge >= 0.3 is 0 Å². The maximum Gasteiger partial charge on any atom is 0.289 e. The molecular weight excluding hydrogens is 274 g/mol. The van der Waals surface area contributed by atoms with Crippen LogP contribution in [0.5, 0.6) is 0 Å². The summed E-state index contributed by atoms with van der Waals surface area (Å²) in [7, 11) is 0. The van der Waals surface area contributed by atoms with Crippen molar-refractivity contribution in [3.8, 4) is 0 Å². The van der Waals surface area contributed by atoms with Crippen LogP contribution in [0.15, 0.2) is 22.8 Å². The number of rotatable bonds is 2. The van der Waals surface area contributed by atoms with Crippen molar-refractivity contribution in [1.82, 2.24) is 15.1 Å². The summed E-state index contributed by atoms with van der Waals surface area (Å²) in [4.78, 5) is 38.9. The van der Waals surface area contributed by atoms with Gasteiger partial charge in [-0.05, 0) is 18.6 Å². The number of carbonyl (C=O) groups excluding carboxylic acids is 3. The van der Waals surface area contributed by atoms with Crippen LogP contribution in [0.4, 0.5) is 0 Å². The normalized spacial score (nSPS) is 22.3. The topological polar surface area (TPSA) is 82.9 Å². The van der Waals surface area contributed by atoms with Gasteiger partial charge in [-0.2, -0.15) is 0 Å². The molecule has 1 unspecified atom stereocenters. The zero-order valence-electron chi connectivity index (χ0n) is 11.6. The molecule has 21 heavy (non-hydrogen) atoms. The van der Waals surface area contributed by atoms with E-state index in [0.29, 0.717) is 44.8 Å². The molecule has 0 aromatic carbocycles. The average molecular weight is 291 g/mol. The van der Waals surface area contributed by atoms with Crippen molar-refractivity contribution in [3.05, 3.63) is 24.2 Å². The third-order valence-corrected chi connectivity index (χ3v) is 3.90. The number of furan rings is 1. The first kappa shape index (κ1) is 13.7. The molecule has 0 saturated carbocycles. The number of hydrogen-bond acceptors (Lipinski definition) is 4. The highest BCUT2D eigenvalue weighted by atomic mass is 16.3. The molecule has 3 heterocycles. The Morgan fingerprint density at radius 2 is 1.90 bits per heavy atom. The molecule has 1 aromatic heterocycles. The number of amides is 3. The van der Waals surface area contributed by atoms with Crippen LogP contribution in [0.2, 0.25) is 0 Å². The number of carbonyl (C=O) groups is 3. The van der Waals surface area contributed by atoms with Crippen LogP contribution in [0.3, 0.4) is 0 Å². The van der Waals surface area contributed by atoms with Crippen molar-refractivity contribution in [1.29, 1.82) is 0 Å². The van der Waals surface area contributed by atoms with Gasteiger partial charge in [-0.3, -0.25) is 14.4 Å². The second-order valence-electron chi connectivity index (χ2n) is 5.25. The van der Waals surface area contributed by atoms with Crippen molar-refractivity contribution in [3.63, 3.8) is 0 Å². The van der Waals surface area contributed by atoms with E-state index in [9.17, 15) is 14.4 Å². The third-order valence-electron chi connectivity index (χ3n) is 3.90. The number of hydrogen-bond donors (Lipinski definition) is 1. The van der Waals surface area contributed by atoms with E-state index < -0.39 is 6.04 Å². The Bertz CT molecular complexity index is 547. The molecule has 0 spiro atoms. The first-order valence-electron chi connectivity index (χ1n) is 7.06. The zero-order chi connectivity index (χ0) is 14.8. The number of nitrogens with zero attached hydrogens (tertiary/aromatic N) is 2. The lowest BCUT2D eigenvalue weighted by Crippen LogP contribution is -2.54. The molecule has 2 aliphatic heterocycles. The Balaban J connectivity index is 1.54. The van der Waals surface area contributed by atoms with E-state index >= 15 is 0 Å². The molecule has 7 heteroatoms. The van der Waals surface area contributed by atoms with Crippen LogP contribution in [0.25, 0.3) is 0 Å². The van der Waals surface area contributed by atoms with Gasteiger partial charge in [0.05, 0.1) is 6.26 Å². The highest BCUT2D eigenvalue weighted by Gasteiger charge is 2.33. The van der Waals surface area contributed by atoms with E-state index in [1.807, 2.05) is 0 Å². The van der Waals surface area contributed by atoms with E-state index in [1.54, 1.807) is 21.9 Å². The minimum Gasteiger partial charge on any atom is -0.459 e. The second kappa shape index (κ2) is 5.59. The van der Waals surface area contributed by atoms with Crippen LogP contribution < -0.4 is 5.32 Å². The van der Waals surface area contributed by atoms with Gasteiger partial charge in [0.1, 0.15) is 6.04 Å². The lowest BCUT2D eigenvalue weighted by molar-refractivity contribution is -0.135. The highest BCUT2D eigenvalue weighted by Crippen LogP contribution is 2.13. The summed E-state index contributed by atoms with van der Waals surface area (Å²) in [5.74, 6) is 0.0463. The molecule has 1 N–H and O–H groups in total. The third kappa shape index (κ3) is 2.76. The molecule has 3 amide bonds. The molecule has 7 nitrogen and oxygen atoms in total. The molecule has 2 aliphatic rings. The standard InChI is InChI=1S/C14H17N3O4/c18-12-4-3-10(15-12)13(19)16-5-7-17(8-6-16)14(20)11-2-1-9-21-11/h1-2,9-10H,3-8H2,(H,15,18). The Hall–Kier alpha value is -2.31. The van der Waals surface area contributed by atoms with E-state index in [2.05, 4.69) is 5.32 Å². The fourth-order valence-electron chi connectivity index (χ4n) is 2.71. The molecule has 0 bridgehead atoms. The summed E-state index contributed by atoms with van der Waals surface area (Å²) < 4.78 is 5.10. The monoisotopic (exact) mass is 291 g/mol. The van der Waals surface area contributed by atoms with Crippen LogP contribution in [0.1, 0.15) is 23.4 Å². The minimum atomic E-state index is -0.398. The molecule has 2 fully saturated rings. The molecule has 112 valence electrons. The van der Waals surface area contributed by atoms with Gasteiger partial charge in [0.2, 0.25) is 11.8 Å². The Morgan fingerprint density at radius 3 is 2.48 bits per heavy atom. The number of piperazine rings is 1. The van der Waals surface area contributed by atoms with Crippen molar-refractivity contribution >= 4 is 17.7 Å². The molecule has 1 aromatic rings. The molecule has 0 radical (unpaired) electrons. The molecule has 0 aliphatic carbocycles. The summed E-state index contributed by atoms with van der Waals surface area (Å²) in [6.07, 6.45) is 2.44. The smallest absolute Gasteiger partial charge is 0.289 e. The van der Waals surface area contributed by atoms with Gasteiger partial charge in [-0.1, -0.05) is 0 Å². The quantitative estimate of drug-likeness (QED) is 0.821. The van der Waals surface area contributed by atoms with Crippen molar-refractivity contribution < 1.29 is 18.8 Å². The van der Waals surface area contributed by atoms with Crippen molar-refractivity contribution in [2.75, 3.05) is 26.2 Å². The SMILES string of the molecule is O=C1CCC(C(=O)N2CCN(C(=O)c3ccco3)CC2)N1. The minimum absolute atomic E-state index is 0.0500. The lowest BCUT2D eigenvalue weighted by Gasteiger charge is -2.35. The Labute approximate surface area is 121 Å². The predicted molar refractivity (Wildman–Crippen MR) is 72.4 cm³/mol. The Morgan fingerprint density at radius 1 is 1.19 bits per heavy atom. The fraction of sp³-hybridized carbons (Fsp3) is 0.500. The van der Waals surface area contributed by atoms with Gasteiger partial charge in [0.15, 0.2) is 5.76 Å². The summed E-state index contributed by atoms with van der Waals surface area (Å²) in [5, 5.41) is 2.68. The maximum absolute atomic E-state index is 12.2. The zero-order valence-corrected chi connectivity index (χ0v) is 11.6. The van der Waals surface area contributed by atoms with Gasteiger partial charge in [-0.25, -0.2) is 0 Å². The summed E-state index contributed by atoms with van der Waals surface area (Å²) in [5.41, 5.74) is 0. The van der Waals surface area contributed by atoms with Gasteiger partial charge in [-0.15, -0.1) is 0 Å². The van der Waals surface area contributed by atoms with E-state index in [0.717, 1.165) is 0 Å². The molecular formula is C14H17N3O4. The lowest BCUT2D eigenvalue weighted by atomic mass is 10.2. The van der Waals surface area contributed by atoms with Crippen LogP contribution in [0, 0.1) is 0 Å². The first-order valence-corrected chi connectivity index (χ1v) is 7.06. The van der Waals surface area contributed by atoms with Gasteiger partial charge < -0.3 is 19.5 Å². The van der Waals surface area contributed by atoms with E-state index in [4.69, 9.17) is 4.42 Å². The second-order valence-corrected chi connectivity index (χ2v) is 5.25. The van der Waals surface area contributed by atoms with Gasteiger partial charge in [0.25, 0.3) is 5.91 Å². The predicted octanol–water partition coefficient (Wildman–Crippen LogP) is -0.157. The molecule has 2 saturated heterocycles. The van der Waals surface area contributed by atoms with Crippen molar-refractivity contribution in [2.24, 2.45) is 0 Å². The average Bonchev–Trinajstić information content (AvgIpc) is 3.17. The summed E-state index contributed by atoms with van der Waals surface area (Å²) in [6.45, 7) is 1.92. The van der Waals surface area contributed by atoms with Crippen molar-refractivity contribution in [2.45, 2.75) is 18.9 Å². The van der Waals surface area contributed by atoms with Gasteiger partial charge in [0, 0.05) is 32.6 Å². The van der Waals surface area contributed by atoms with Crippen LogP contribution >= 0.6 is 0 Å². The summed E-state index contributed by atoms with van der Waals surface area (Å²) in [6, 6.07) is 2.91. The highest BCUT2D eigenvalue weighted by molar-refractivity contribution is 5.92.